The number of amides is 4. The van der Waals surface area contributed by atoms with E-state index in [1.54, 1.807) is 37.3 Å². The van der Waals surface area contributed by atoms with Crippen molar-refractivity contribution in [1.82, 2.24) is 29.4 Å². The van der Waals surface area contributed by atoms with Gasteiger partial charge in [-0.15, -0.1) is 0 Å². The van der Waals surface area contributed by atoms with E-state index in [-0.39, 0.29) is 65.4 Å². The Morgan fingerprint density at radius 2 is 1.20 bits per heavy atom. The summed E-state index contributed by atoms with van der Waals surface area (Å²) in [6.45, 7) is 3.31. The van der Waals surface area contributed by atoms with E-state index in [1.165, 1.54) is 57.1 Å². The number of carbonyl (C=O) groups excluding carboxylic acids is 4. The molecule has 0 atom stereocenters. The van der Waals surface area contributed by atoms with Crippen LogP contribution in [0.1, 0.15) is 21.5 Å². The van der Waals surface area contributed by atoms with E-state index in [1.807, 2.05) is 61.5 Å². The lowest BCUT2D eigenvalue weighted by molar-refractivity contribution is -0.131. The van der Waals surface area contributed by atoms with E-state index in [4.69, 9.17) is 9.47 Å². The molecule has 0 unspecified atom stereocenters. The number of hydrogen-bond donors (Lipinski definition) is 4. The first-order valence-corrected chi connectivity index (χ1v) is 19.1. The minimum absolute atomic E-state index is 0.0331. The van der Waals surface area contributed by atoms with E-state index in [0.717, 1.165) is 17.1 Å². The molecule has 0 fully saturated rings. The van der Waals surface area contributed by atoms with Crippen molar-refractivity contribution in [3.63, 3.8) is 0 Å². The number of carbonyl (C=O) groups is 4. The number of likely N-dealkylation sites (N-methyl/N-ethyl adjacent to an activating group) is 2. The number of benzene rings is 4. The Morgan fingerprint density at radius 3 is 1.80 bits per heavy atom. The highest BCUT2D eigenvalue weighted by molar-refractivity contribution is 6.05. The predicted octanol–water partition coefficient (Wildman–Crippen LogP) is 4.97. The second-order valence-electron chi connectivity index (χ2n) is 14.1. The minimum atomic E-state index is -0.520. The van der Waals surface area contributed by atoms with Crippen molar-refractivity contribution < 1.29 is 38.9 Å². The molecule has 0 aliphatic heterocycles. The zero-order valence-electron chi connectivity index (χ0n) is 33.4. The summed E-state index contributed by atoms with van der Waals surface area (Å²) in [4.78, 5) is 54.9. The fourth-order valence-corrected chi connectivity index (χ4v) is 5.94. The lowest BCUT2D eigenvalue weighted by Gasteiger charge is -2.17. The first-order chi connectivity index (χ1) is 28.9. The average Bonchev–Trinajstić information content (AvgIpc) is 3.87. The molecule has 60 heavy (non-hydrogen) atoms. The Kier molecular flexibility index (Phi) is 13.8. The van der Waals surface area contributed by atoms with Gasteiger partial charge in [0.25, 0.3) is 5.91 Å². The van der Waals surface area contributed by atoms with Gasteiger partial charge >= 0.3 is 0 Å². The van der Waals surface area contributed by atoms with Gasteiger partial charge in [0.15, 0.2) is 0 Å². The molecule has 4 aromatic carbocycles. The number of para-hydroxylation sites is 1. The van der Waals surface area contributed by atoms with E-state index >= 15 is 0 Å². The standard InChI is InChI=1S/C44H46N8O8/c1-30-9-13-36(14-10-30)60-20-18-50(3)43(57)29-52-27-34(25-46-52)48-44(58)32-12-16-40(54)38(23-32)37-21-31(11-15-39(37)53)22-41(55)47-33-24-45-51(26-33)28-42(56)49(2)17-19-59-35-7-5-4-6-8-35/h4-16,21,23-27,53-54H,17-20,22,28-29H2,1-3H3,(H,47,55)(H,48,58). The molecule has 4 amide bonds. The molecular formula is C44H46N8O8. The molecule has 2 aromatic heterocycles. The van der Waals surface area contributed by atoms with Gasteiger partial charge in [-0.1, -0.05) is 42.0 Å². The van der Waals surface area contributed by atoms with Gasteiger partial charge in [-0.25, -0.2) is 0 Å². The van der Waals surface area contributed by atoms with Crippen LogP contribution in [0.25, 0.3) is 11.1 Å². The Hall–Kier alpha value is -7.62. The van der Waals surface area contributed by atoms with E-state index in [9.17, 15) is 29.4 Å². The van der Waals surface area contributed by atoms with E-state index in [2.05, 4.69) is 20.8 Å². The summed E-state index contributed by atoms with van der Waals surface area (Å²) in [6, 6.07) is 25.7. The third-order valence-electron chi connectivity index (χ3n) is 9.38. The number of hydrogen-bond acceptors (Lipinski definition) is 10. The van der Waals surface area contributed by atoms with Gasteiger partial charge in [-0.2, -0.15) is 10.2 Å². The number of nitrogens with zero attached hydrogens (tertiary/aromatic N) is 6. The van der Waals surface area contributed by atoms with Crippen LogP contribution in [0.2, 0.25) is 0 Å². The predicted molar refractivity (Wildman–Crippen MR) is 224 cm³/mol. The number of aryl methyl sites for hydroxylation is 1. The van der Waals surface area contributed by atoms with Crippen LogP contribution in [0.4, 0.5) is 11.4 Å². The largest absolute Gasteiger partial charge is 0.507 e. The second kappa shape index (κ2) is 19.7. The normalized spacial score (nSPS) is 10.8. The molecule has 6 rings (SSSR count). The monoisotopic (exact) mass is 814 g/mol. The number of nitrogens with one attached hydrogen (secondary N) is 2. The van der Waals surface area contributed by atoms with Crippen molar-refractivity contribution in [3.8, 4) is 34.1 Å². The highest BCUT2D eigenvalue weighted by Crippen LogP contribution is 2.37. The fraction of sp³-hybridized carbons (Fsp3) is 0.227. The summed E-state index contributed by atoms with van der Waals surface area (Å²) in [5.41, 5.74) is 2.92. The number of phenols is 2. The number of rotatable bonds is 18. The minimum Gasteiger partial charge on any atom is -0.507 e. The first-order valence-electron chi connectivity index (χ1n) is 19.1. The maximum Gasteiger partial charge on any atom is 0.255 e. The molecule has 0 aliphatic carbocycles. The van der Waals surface area contributed by atoms with Crippen LogP contribution in [0.3, 0.4) is 0 Å². The summed E-state index contributed by atoms with van der Waals surface area (Å²) >= 11 is 0. The molecule has 4 N–H and O–H groups in total. The molecule has 0 aliphatic rings. The Balaban J connectivity index is 0.994. The number of ether oxygens (including phenoxy) is 2. The zero-order chi connectivity index (χ0) is 42.6. The SMILES string of the molecule is Cc1ccc(OCCN(C)C(=O)Cn2cc(NC(=O)c3ccc(O)c(-c4cc(CC(=O)Nc5cnn(CC(=O)N(C)CCOc6ccccc6)c5)ccc4O)c3)cn2)cc1. The van der Waals surface area contributed by atoms with Gasteiger partial charge < -0.3 is 40.1 Å². The Bertz CT molecular complexity index is 2430. The van der Waals surface area contributed by atoms with Gasteiger partial charge in [0.1, 0.15) is 49.3 Å². The lowest BCUT2D eigenvalue weighted by atomic mass is 9.97. The summed E-state index contributed by atoms with van der Waals surface area (Å²) in [7, 11) is 3.35. The zero-order valence-corrected chi connectivity index (χ0v) is 33.4. The molecule has 2 heterocycles. The van der Waals surface area contributed by atoms with Crippen molar-refractivity contribution in [2.75, 3.05) is 51.0 Å². The molecule has 0 saturated carbocycles. The van der Waals surface area contributed by atoms with Crippen molar-refractivity contribution in [2.24, 2.45) is 0 Å². The van der Waals surface area contributed by atoms with Crippen molar-refractivity contribution in [1.29, 1.82) is 0 Å². The Labute approximate surface area is 346 Å². The molecule has 0 spiro atoms. The topological polar surface area (TPSA) is 193 Å². The maximum atomic E-state index is 13.3. The van der Waals surface area contributed by atoms with Crippen LogP contribution in [0.15, 0.2) is 116 Å². The van der Waals surface area contributed by atoms with Gasteiger partial charge in [0.05, 0.1) is 43.3 Å². The maximum absolute atomic E-state index is 13.3. The summed E-state index contributed by atoms with van der Waals surface area (Å²) in [5, 5.41) is 35.5. The molecule has 16 nitrogen and oxygen atoms in total. The molecule has 6 aromatic rings. The third-order valence-corrected chi connectivity index (χ3v) is 9.38. The smallest absolute Gasteiger partial charge is 0.255 e. The third kappa shape index (κ3) is 11.7. The second-order valence-corrected chi connectivity index (χ2v) is 14.1. The van der Waals surface area contributed by atoms with Crippen LogP contribution in [-0.2, 0) is 33.9 Å². The van der Waals surface area contributed by atoms with E-state index < -0.39 is 5.91 Å². The van der Waals surface area contributed by atoms with Crippen LogP contribution in [0, 0.1) is 6.92 Å². The molecule has 0 bridgehead atoms. The summed E-state index contributed by atoms with van der Waals surface area (Å²) < 4.78 is 14.2. The molecule has 16 heteroatoms. The number of anilines is 2. The highest BCUT2D eigenvalue weighted by atomic mass is 16.5. The van der Waals surface area contributed by atoms with Crippen LogP contribution in [0.5, 0.6) is 23.0 Å². The Morgan fingerprint density at radius 1 is 0.667 bits per heavy atom. The first kappa shape index (κ1) is 42.0. The quantitative estimate of drug-likeness (QED) is 0.0921. The van der Waals surface area contributed by atoms with Crippen LogP contribution in [-0.4, -0.2) is 104 Å². The van der Waals surface area contributed by atoms with Crippen molar-refractivity contribution in [2.45, 2.75) is 26.4 Å². The number of phenolic OH excluding ortho intramolecular Hbond substituents is 2. The van der Waals surface area contributed by atoms with Gasteiger partial charge in [0, 0.05) is 43.2 Å². The summed E-state index contributed by atoms with van der Waals surface area (Å²) in [5.74, 6) is -0.214. The number of aromatic hydroxyl groups is 2. The molecule has 0 radical (unpaired) electrons. The number of aromatic nitrogens is 4. The summed E-state index contributed by atoms with van der Waals surface area (Å²) in [6.07, 6.45) is 5.85. The molecule has 0 saturated heterocycles. The average molecular weight is 815 g/mol. The molecular weight excluding hydrogens is 769 g/mol. The van der Waals surface area contributed by atoms with Crippen molar-refractivity contribution >= 4 is 35.0 Å². The fourth-order valence-electron chi connectivity index (χ4n) is 5.94. The van der Waals surface area contributed by atoms with E-state index in [0.29, 0.717) is 43.2 Å². The lowest BCUT2D eigenvalue weighted by Crippen LogP contribution is -2.33. The van der Waals surface area contributed by atoms with Crippen LogP contribution < -0.4 is 20.1 Å². The highest BCUT2D eigenvalue weighted by Gasteiger charge is 2.18. The van der Waals surface area contributed by atoms with Gasteiger partial charge in [-0.3, -0.25) is 28.5 Å². The van der Waals surface area contributed by atoms with Gasteiger partial charge in [0.2, 0.25) is 17.7 Å². The van der Waals surface area contributed by atoms with Gasteiger partial charge in [-0.05, 0) is 67.1 Å². The van der Waals surface area contributed by atoms with Crippen LogP contribution >= 0.6 is 0 Å². The van der Waals surface area contributed by atoms with Crippen molar-refractivity contribution in [3.05, 3.63) is 132 Å². The molecule has 310 valence electrons.